The van der Waals surface area contributed by atoms with Crippen molar-refractivity contribution in [2.75, 3.05) is 38.2 Å². The predicted molar refractivity (Wildman–Crippen MR) is 117 cm³/mol. The number of carbonyl (C=O) groups excluding carboxylic acids is 1. The number of amides is 1. The third-order valence-electron chi connectivity index (χ3n) is 4.29. The zero-order valence-electron chi connectivity index (χ0n) is 16.6. The number of hydrogen-bond acceptors (Lipinski definition) is 5. The summed E-state index contributed by atoms with van der Waals surface area (Å²) in [5.41, 5.74) is 3.17. The Bertz CT molecular complexity index is 1130. The topological polar surface area (TPSA) is 91.4 Å². The molecule has 0 spiro atoms. The number of nitrogens with zero attached hydrogens (tertiary/aromatic N) is 2. The van der Waals surface area contributed by atoms with Crippen LogP contribution >= 0.6 is 0 Å². The summed E-state index contributed by atoms with van der Waals surface area (Å²) >= 11 is 0. The van der Waals surface area contributed by atoms with Gasteiger partial charge in [0.15, 0.2) is 0 Å². The van der Waals surface area contributed by atoms with Crippen LogP contribution in [-0.2, 0) is 10.0 Å². The fourth-order valence-electron chi connectivity index (χ4n) is 2.90. The summed E-state index contributed by atoms with van der Waals surface area (Å²) in [6, 6.07) is 16.3. The van der Waals surface area contributed by atoms with E-state index < -0.39 is 10.0 Å². The van der Waals surface area contributed by atoms with Crippen molar-refractivity contribution < 1.29 is 13.2 Å². The molecule has 152 valence electrons. The van der Waals surface area contributed by atoms with Crippen molar-refractivity contribution in [3.05, 3.63) is 60.2 Å². The number of likely N-dealkylation sites (N-methyl/N-ethyl adjacent to an activating group) is 1. The van der Waals surface area contributed by atoms with Crippen LogP contribution in [0.2, 0.25) is 0 Å². The molecule has 3 rings (SSSR count). The van der Waals surface area contributed by atoms with E-state index in [-0.39, 0.29) is 5.91 Å². The molecule has 0 atom stereocenters. The first-order valence-electron chi connectivity index (χ1n) is 9.14. The lowest BCUT2D eigenvalue weighted by Gasteiger charge is -2.12. The molecule has 2 N–H and O–H groups in total. The number of rotatable bonds is 7. The smallest absolute Gasteiger partial charge is 0.253 e. The summed E-state index contributed by atoms with van der Waals surface area (Å²) in [7, 11) is 0.581. The molecule has 0 fully saturated rings. The number of anilines is 1. The summed E-state index contributed by atoms with van der Waals surface area (Å²) in [4.78, 5) is 19.3. The van der Waals surface area contributed by atoms with E-state index in [9.17, 15) is 13.2 Å². The second-order valence-electron chi connectivity index (χ2n) is 7.08. The van der Waals surface area contributed by atoms with Gasteiger partial charge in [-0.15, -0.1) is 0 Å². The van der Waals surface area contributed by atoms with Crippen LogP contribution in [0.3, 0.4) is 0 Å². The Morgan fingerprint density at radius 2 is 1.76 bits per heavy atom. The average Bonchev–Trinajstić information content (AvgIpc) is 2.66. The van der Waals surface area contributed by atoms with Crippen molar-refractivity contribution in [2.45, 2.75) is 0 Å². The number of aromatic nitrogens is 1. The normalized spacial score (nSPS) is 11.6. The number of para-hydroxylation sites is 1. The lowest BCUT2D eigenvalue weighted by atomic mass is 10.1. The molecule has 7 nitrogen and oxygen atoms in total. The SMILES string of the molecule is CN(C)CCNC(=O)c1cccc2ccc(-c3ccc(NS(C)(=O)=O)cc3)nc12. The summed E-state index contributed by atoms with van der Waals surface area (Å²) in [6.07, 6.45) is 1.11. The Labute approximate surface area is 170 Å². The first-order valence-corrected chi connectivity index (χ1v) is 11.0. The van der Waals surface area contributed by atoms with Gasteiger partial charge in [-0.3, -0.25) is 9.52 Å². The molecule has 29 heavy (non-hydrogen) atoms. The highest BCUT2D eigenvalue weighted by Crippen LogP contribution is 2.24. The molecule has 1 heterocycles. The van der Waals surface area contributed by atoms with E-state index in [1.165, 1.54) is 0 Å². The molecule has 0 radical (unpaired) electrons. The number of benzene rings is 2. The summed E-state index contributed by atoms with van der Waals surface area (Å²) in [5, 5.41) is 3.80. The number of carbonyl (C=O) groups is 1. The van der Waals surface area contributed by atoms with E-state index in [4.69, 9.17) is 4.98 Å². The van der Waals surface area contributed by atoms with Crippen molar-refractivity contribution in [2.24, 2.45) is 0 Å². The number of pyridine rings is 1. The number of hydrogen-bond donors (Lipinski definition) is 2. The molecule has 0 aliphatic carbocycles. The molecular weight excluding hydrogens is 388 g/mol. The Kier molecular flexibility index (Phi) is 6.14. The fourth-order valence-corrected chi connectivity index (χ4v) is 3.47. The first kappa shape index (κ1) is 20.8. The van der Waals surface area contributed by atoms with Crippen LogP contribution in [0.25, 0.3) is 22.2 Å². The van der Waals surface area contributed by atoms with Gasteiger partial charge in [0.1, 0.15) is 0 Å². The Morgan fingerprint density at radius 3 is 2.41 bits per heavy atom. The van der Waals surface area contributed by atoms with E-state index in [1.54, 1.807) is 30.3 Å². The van der Waals surface area contributed by atoms with Gasteiger partial charge in [0, 0.05) is 29.7 Å². The van der Waals surface area contributed by atoms with E-state index >= 15 is 0 Å². The van der Waals surface area contributed by atoms with E-state index in [0.717, 1.165) is 23.8 Å². The lowest BCUT2D eigenvalue weighted by molar-refractivity contribution is 0.0952. The van der Waals surface area contributed by atoms with Gasteiger partial charge < -0.3 is 10.2 Å². The highest BCUT2D eigenvalue weighted by Gasteiger charge is 2.12. The second-order valence-corrected chi connectivity index (χ2v) is 8.83. The minimum atomic E-state index is -3.32. The third-order valence-corrected chi connectivity index (χ3v) is 4.90. The van der Waals surface area contributed by atoms with Crippen LogP contribution in [0.1, 0.15) is 10.4 Å². The molecule has 1 aromatic heterocycles. The number of sulfonamides is 1. The van der Waals surface area contributed by atoms with Crippen LogP contribution in [-0.4, -0.2) is 57.6 Å². The molecule has 0 bridgehead atoms. The maximum Gasteiger partial charge on any atom is 0.253 e. The van der Waals surface area contributed by atoms with E-state index in [0.29, 0.717) is 29.0 Å². The Balaban J connectivity index is 1.90. The van der Waals surface area contributed by atoms with E-state index in [1.807, 2.05) is 43.3 Å². The summed E-state index contributed by atoms with van der Waals surface area (Å²) < 4.78 is 25.1. The van der Waals surface area contributed by atoms with Gasteiger partial charge in [-0.2, -0.15) is 0 Å². The molecule has 8 heteroatoms. The van der Waals surface area contributed by atoms with Crippen LogP contribution in [0, 0.1) is 0 Å². The van der Waals surface area contributed by atoms with Crippen molar-refractivity contribution in [3.63, 3.8) is 0 Å². The Morgan fingerprint density at radius 1 is 1.03 bits per heavy atom. The molecule has 3 aromatic rings. The van der Waals surface area contributed by atoms with E-state index in [2.05, 4.69) is 10.0 Å². The maximum atomic E-state index is 12.6. The molecule has 2 aromatic carbocycles. The largest absolute Gasteiger partial charge is 0.351 e. The van der Waals surface area contributed by atoms with Crippen LogP contribution in [0.5, 0.6) is 0 Å². The summed E-state index contributed by atoms with van der Waals surface area (Å²) in [5.74, 6) is -0.158. The van der Waals surface area contributed by atoms with Gasteiger partial charge in [-0.25, -0.2) is 13.4 Å². The standard InChI is InChI=1S/C21H24N4O3S/c1-25(2)14-13-22-21(26)18-6-4-5-16-9-12-19(23-20(16)18)15-7-10-17(11-8-15)24-29(3,27)28/h4-12,24H,13-14H2,1-3H3,(H,22,26). The van der Waals surface area contributed by atoms with Gasteiger partial charge in [0.25, 0.3) is 5.91 Å². The third kappa shape index (κ3) is 5.52. The van der Waals surface area contributed by atoms with Gasteiger partial charge >= 0.3 is 0 Å². The Hall–Kier alpha value is -2.97. The first-order chi connectivity index (χ1) is 13.7. The number of nitrogens with one attached hydrogen (secondary N) is 2. The predicted octanol–water partition coefficient (Wildman–Crippen LogP) is 2.56. The average molecular weight is 413 g/mol. The van der Waals surface area contributed by atoms with Crippen LogP contribution in [0.15, 0.2) is 54.6 Å². The van der Waals surface area contributed by atoms with Gasteiger partial charge in [-0.1, -0.05) is 30.3 Å². The molecule has 0 saturated carbocycles. The highest BCUT2D eigenvalue weighted by atomic mass is 32.2. The fraction of sp³-hybridized carbons (Fsp3) is 0.238. The molecule has 0 aliphatic rings. The maximum absolute atomic E-state index is 12.6. The highest BCUT2D eigenvalue weighted by molar-refractivity contribution is 7.92. The zero-order chi connectivity index (χ0) is 21.0. The summed E-state index contributed by atoms with van der Waals surface area (Å²) in [6.45, 7) is 1.31. The molecule has 0 aliphatic heterocycles. The second kappa shape index (κ2) is 8.59. The molecule has 0 unspecified atom stereocenters. The molecular formula is C21H24N4O3S. The van der Waals surface area contributed by atoms with Gasteiger partial charge in [0.2, 0.25) is 10.0 Å². The quantitative estimate of drug-likeness (QED) is 0.622. The van der Waals surface area contributed by atoms with Crippen LogP contribution in [0.4, 0.5) is 5.69 Å². The van der Waals surface area contributed by atoms with Crippen molar-refractivity contribution in [3.8, 4) is 11.3 Å². The minimum absolute atomic E-state index is 0.158. The van der Waals surface area contributed by atoms with Crippen molar-refractivity contribution >= 4 is 32.5 Å². The monoisotopic (exact) mass is 412 g/mol. The van der Waals surface area contributed by atoms with Gasteiger partial charge in [-0.05, 0) is 38.4 Å². The lowest BCUT2D eigenvalue weighted by Crippen LogP contribution is -2.31. The molecule has 1 amide bonds. The minimum Gasteiger partial charge on any atom is -0.351 e. The zero-order valence-corrected chi connectivity index (χ0v) is 17.5. The number of fused-ring (bicyclic) bond motifs is 1. The van der Waals surface area contributed by atoms with Gasteiger partial charge in [0.05, 0.1) is 23.0 Å². The molecule has 0 saturated heterocycles. The van der Waals surface area contributed by atoms with Crippen molar-refractivity contribution in [1.29, 1.82) is 0 Å². The van der Waals surface area contributed by atoms with Crippen molar-refractivity contribution in [1.82, 2.24) is 15.2 Å². The van der Waals surface area contributed by atoms with Crippen LogP contribution < -0.4 is 10.0 Å².